The number of benzene rings is 1. The van der Waals surface area contributed by atoms with E-state index in [1.54, 1.807) is 12.1 Å². The average molecular weight is 365 g/mol. The Kier molecular flexibility index (Phi) is 7.52. The molecule has 1 aliphatic heterocycles. The molecule has 1 atom stereocenters. The molecule has 1 aromatic heterocycles. The van der Waals surface area contributed by atoms with Gasteiger partial charge in [-0.15, -0.1) is 36.2 Å². The van der Waals surface area contributed by atoms with E-state index in [1.165, 1.54) is 17.4 Å². The summed E-state index contributed by atoms with van der Waals surface area (Å²) >= 11 is 1.51. The highest BCUT2D eigenvalue weighted by atomic mass is 35.5. The summed E-state index contributed by atoms with van der Waals surface area (Å²) in [5.74, 6) is -0.185. The lowest BCUT2D eigenvalue weighted by Crippen LogP contribution is -2.45. The number of thiazole rings is 1. The van der Waals surface area contributed by atoms with Crippen molar-refractivity contribution in [2.75, 3.05) is 25.4 Å². The lowest BCUT2D eigenvalue weighted by molar-refractivity contribution is 0.155. The fraction of sp³-hybridized carbons (Fsp3) is 0.357. The zero-order valence-corrected chi connectivity index (χ0v) is 14.3. The fourth-order valence-electron chi connectivity index (χ4n) is 2.57. The van der Waals surface area contributed by atoms with Crippen LogP contribution < -0.4 is 11.1 Å². The first kappa shape index (κ1) is 19.1. The monoisotopic (exact) mass is 364 g/mol. The molecule has 8 heteroatoms. The largest absolute Gasteiger partial charge is 0.375 e. The van der Waals surface area contributed by atoms with Gasteiger partial charge in [-0.3, -0.25) is 4.90 Å². The zero-order valence-electron chi connectivity index (χ0n) is 11.9. The van der Waals surface area contributed by atoms with Crippen molar-refractivity contribution in [1.82, 2.24) is 15.2 Å². The van der Waals surface area contributed by atoms with Crippen molar-refractivity contribution in [1.29, 1.82) is 0 Å². The highest BCUT2D eigenvalue weighted by molar-refractivity contribution is 7.15. The molecule has 1 aromatic carbocycles. The molecule has 1 saturated heterocycles. The van der Waals surface area contributed by atoms with Gasteiger partial charge in [0.05, 0.1) is 0 Å². The molecule has 0 saturated carbocycles. The first-order valence-electron chi connectivity index (χ1n) is 6.63. The van der Waals surface area contributed by atoms with Gasteiger partial charge in [-0.2, -0.15) is 0 Å². The van der Waals surface area contributed by atoms with Crippen molar-refractivity contribution in [3.05, 3.63) is 46.7 Å². The third kappa shape index (κ3) is 4.54. The number of rotatable bonds is 3. The number of halogens is 3. The second-order valence-corrected chi connectivity index (χ2v) is 6.06. The standard InChI is InChI=1S/C14H17FN4S.2ClH/c15-11-3-1-2-10(6-11)13-8-17-4-5-19(13)9-12-7-18-14(16)20-12;;/h1-3,6-7,13,17H,4-5,8-9H2,(H2,16,18);2*1H. The maximum atomic E-state index is 13.4. The Hall–Kier alpha value is -0.920. The van der Waals surface area contributed by atoms with Gasteiger partial charge in [0, 0.05) is 43.3 Å². The van der Waals surface area contributed by atoms with E-state index in [2.05, 4.69) is 15.2 Å². The van der Waals surface area contributed by atoms with Crippen LogP contribution in [0.25, 0.3) is 0 Å². The smallest absolute Gasteiger partial charge is 0.180 e. The average Bonchev–Trinajstić information content (AvgIpc) is 2.85. The number of nitrogens with zero attached hydrogens (tertiary/aromatic N) is 2. The predicted octanol–water partition coefficient (Wildman–Crippen LogP) is 2.85. The molecule has 4 nitrogen and oxygen atoms in total. The van der Waals surface area contributed by atoms with Gasteiger partial charge in [0.1, 0.15) is 5.82 Å². The molecule has 22 heavy (non-hydrogen) atoms. The normalized spacial score (nSPS) is 18.3. The Balaban J connectivity index is 0.00000121. The Morgan fingerprint density at radius 3 is 2.91 bits per heavy atom. The number of nitrogen functional groups attached to an aromatic ring is 1. The van der Waals surface area contributed by atoms with E-state index < -0.39 is 0 Å². The molecule has 0 aliphatic carbocycles. The summed E-state index contributed by atoms with van der Waals surface area (Å²) < 4.78 is 13.4. The fourth-order valence-corrected chi connectivity index (χ4v) is 3.28. The minimum Gasteiger partial charge on any atom is -0.375 e. The van der Waals surface area contributed by atoms with Gasteiger partial charge < -0.3 is 11.1 Å². The van der Waals surface area contributed by atoms with E-state index in [-0.39, 0.29) is 36.7 Å². The van der Waals surface area contributed by atoms with E-state index in [4.69, 9.17) is 5.73 Å². The minimum absolute atomic E-state index is 0. The van der Waals surface area contributed by atoms with Crippen molar-refractivity contribution in [3.8, 4) is 0 Å². The van der Waals surface area contributed by atoms with Crippen LogP contribution in [0.3, 0.4) is 0 Å². The van der Waals surface area contributed by atoms with Gasteiger partial charge in [0.15, 0.2) is 5.13 Å². The molecule has 3 N–H and O–H groups in total. The predicted molar refractivity (Wildman–Crippen MR) is 93.4 cm³/mol. The zero-order chi connectivity index (χ0) is 13.9. The van der Waals surface area contributed by atoms with Crippen LogP contribution in [-0.2, 0) is 6.54 Å². The van der Waals surface area contributed by atoms with Crippen molar-refractivity contribution in [2.24, 2.45) is 0 Å². The van der Waals surface area contributed by atoms with E-state index in [9.17, 15) is 4.39 Å². The number of piperazine rings is 1. The summed E-state index contributed by atoms with van der Waals surface area (Å²) in [5, 5.41) is 3.97. The van der Waals surface area contributed by atoms with Crippen LogP contribution in [0.1, 0.15) is 16.5 Å². The van der Waals surface area contributed by atoms with Crippen LogP contribution >= 0.6 is 36.2 Å². The third-order valence-electron chi connectivity index (χ3n) is 3.52. The lowest BCUT2D eigenvalue weighted by atomic mass is 10.0. The molecular formula is C14H19Cl2FN4S. The second-order valence-electron chi connectivity index (χ2n) is 4.91. The van der Waals surface area contributed by atoms with Crippen LogP contribution in [0.2, 0.25) is 0 Å². The maximum Gasteiger partial charge on any atom is 0.180 e. The molecule has 0 bridgehead atoms. The number of hydrogen-bond donors (Lipinski definition) is 2. The van der Waals surface area contributed by atoms with Gasteiger partial charge in [0.25, 0.3) is 0 Å². The van der Waals surface area contributed by atoms with Crippen LogP contribution in [0.5, 0.6) is 0 Å². The Labute approximate surface area is 145 Å². The Morgan fingerprint density at radius 1 is 1.41 bits per heavy atom. The molecule has 2 aromatic rings. The van der Waals surface area contributed by atoms with Gasteiger partial charge >= 0.3 is 0 Å². The molecule has 3 rings (SSSR count). The molecule has 1 fully saturated rings. The first-order chi connectivity index (χ1) is 9.72. The van der Waals surface area contributed by atoms with E-state index in [1.807, 2.05) is 12.3 Å². The van der Waals surface area contributed by atoms with Crippen LogP contribution in [0, 0.1) is 5.82 Å². The van der Waals surface area contributed by atoms with E-state index >= 15 is 0 Å². The SMILES string of the molecule is Cl.Cl.Nc1ncc(CN2CCNCC2c2cccc(F)c2)s1. The molecule has 0 spiro atoms. The molecule has 2 heterocycles. The number of anilines is 1. The van der Waals surface area contributed by atoms with Gasteiger partial charge in [0.2, 0.25) is 0 Å². The third-order valence-corrected chi connectivity index (χ3v) is 4.33. The summed E-state index contributed by atoms with van der Waals surface area (Å²) in [6.45, 7) is 3.51. The number of nitrogens with one attached hydrogen (secondary N) is 1. The Bertz CT molecular complexity index is 596. The Morgan fingerprint density at radius 2 is 2.23 bits per heavy atom. The van der Waals surface area contributed by atoms with Crippen molar-refractivity contribution in [2.45, 2.75) is 12.6 Å². The molecule has 0 radical (unpaired) electrons. The van der Waals surface area contributed by atoms with Gasteiger partial charge in [-0.25, -0.2) is 9.37 Å². The van der Waals surface area contributed by atoms with E-state index in [0.717, 1.165) is 36.6 Å². The topological polar surface area (TPSA) is 54.2 Å². The van der Waals surface area contributed by atoms with Gasteiger partial charge in [-0.1, -0.05) is 12.1 Å². The highest BCUT2D eigenvalue weighted by Gasteiger charge is 2.24. The number of aromatic nitrogens is 1. The molecule has 0 amide bonds. The quantitative estimate of drug-likeness (QED) is 0.878. The minimum atomic E-state index is -0.185. The van der Waals surface area contributed by atoms with Crippen molar-refractivity contribution in [3.63, 3.8) is 0 Å². The van der Waals surface area contributed by atoms with E-state index in [0.29, 0.717) is 5.13 Å². The van der Waals surface area contributed by atoms with Crippen LogP contribution in [0.4, 0.5) is 9.52 Å². The summed E-state index contributed by atoms with van der Waals surface area (Å²) in [7, 11) is 0. The number of nitrogens with two attached hydrogens (primary N) is 1. The van der Waals surface area contributed by atoms with Crippen molar-refractivity contribution >= 4 is 41.3 Å². The lowest BCUT2D eigenvalue weighted by Gasteiger charge is -2.36. The summed E-state index contributed by atoms with van der Waals surface area (Å²) in [6, 6.07) is 7.03. The maximum absolute atomic E-state index is 13.4. The number of hydrogen-bond acceptors (Lipinski definition) is 5. The summed E-state index contributed by atoms with van der Waals surface area (Å²) in [6.07, 6.45) is 1.82. The van der Waals surface area contributed by atoms with Gasteiger partial charge in [-0.05, 0) is 17.7 Å². The summed E-state index contributed by atoms with van der Waals surface area (Å²) in [5.41, 5.74) is 6.69. The first-order valence-corrected chi connectivity index (χ1v) is 7.44. The molecule has 1 aliphatic rings. The highest BCUT2D eigenvalue weighted by Crippen LogP contribution is 2.26. The summed E-state index contributed by atoms with van der Waals surface area (Å²) in [4.78, 5) is 7.58. The second kappa shape index (κ2) is 8.64. The van der Waals surface area contributed by atoms with Crippen LogP contribution in [-0.4, -0.2) is 29.5 Å². The molecular weight excluding hydrogens is 346 g/mol. The van der Waals surface area contributed by atoms with Crippen molar-refractivity contribution < 1.29 is 4.39 Å². The molecule has 122 valence electrons. The van der Waals surface area contributed by atoms with Crippen LogP contribution in [0.15, 0.2) is 30.5 Å². The molecule has 1 unspecified atom stereocenters.